The second kappa shape index (κ2) is 16.0. The standard InChI is InChI=1S/C74H37N5O4/c75-38-52-53(39-76)72(78-55-26-9-2-17-41(55)45-33-36-62-65(69(45)78)49-21-6-13-30-59(49)81-62)73(79-56-27-10-3-18-42(56)46-34-37-63-66(70(46)79)50-22-7-14-31-60(50)82-63)67(51-24-15-23-47-43-19-4-11-28-57(43)83-74(47)51)71(52)77-54-25-8-1-16-40(54)44-32-35-61-64(68(44)77)48-20-5-12-29-58(48)80-61/h1-37H. The molecule has 12 aromatic carbocycles. The highest BCUT2D eigenvalue weighted by molar-refractivity contribution is 6.29. The highest BCUT2D eigenvalue weighted by Gasteiger charge is 2.36. The Bertz CT molecular complexity index is 6230. The number of fused-ring (bicyclic) bond motifs is 24. The third kappa shape index (κ3) is 5.57. The second-order valence-corrected chi connectivity index (χ2v) is 21.5. The first kappa shape index (κ1) is 44.1. The third-order valence-electron chi connectivity index (χ3n) is 17.5. The van der Waals surface area contributed by atoms with E-state index in [4.69, 9.17) is 17.7 Å². The highest BCUT2D eigenvalue weighted by Crippen LogP contribution is 2.54. The number of hydrogen-bond donors (Lipinski definition) is 0. The van der Waals surface area contributed by atoms with Crippen molar-refractivity contribution in [2.45, 2.75) is 0 Å². The van der Waals surface area contributed by atoms with Gasteiger partial charge in [-0.05, 0) is 78.9 Å². The van der Waals surface area contributed by atoms with E-state index < -0.39 is 0 Å². The minimum Gasteiger partial charge on any atom is -0.456 e. The Morgan fingerprint density at radius 3 is 1.06 bits per heavy atom. The van der Waals surface area contributed by atoms with Crippen molar-refractivity contribution < 1.29 is 17.7 Å². The number of furan rings is 4. The van der Waals surface area contributed by atoms with Gasteiger partial charge in [0.2, 0.25) is 0 Å². The number of nitriles is 2. The van der Waals surface area contributed by atoms with Crippen LogP contribution in [-0.4, -0.2) is 13.7 Å². The van der Waals surface area contributed by atoms with Gasteiger partial charge in [-0.15, -0.1) is 0 Å². The summed E-state index contributed by atoms with van der Waals surface area (Å²) in [4.78, 5) is 0. The van der Waals surface area contributed by atoms with E-state index in [-0.39, 0.29) is 11.1 Å². The van der Waals surface area contributed by atoms with Crippen molar-refractivity contribution in [3.8, 4) is 40.3 Å². The Morgan fingerprint density at radius 1 is 0.265 bits per heavy atom. The lowest BCUT2D eigenvalue weighted by Gasteiger charge is -2.27. The maximum Gasteiger partial charge on any atom is 0.143 e. The largest absolute Gasteiger partial charge is 0.456 e. The normalized spacial score (nSPS) is 12.3. The maximum atomic E-state index is 12.7. The van der Waals surface area contributed by atoms with Crippen molar-refractivity contribution in [2.24, 2.45) is 0 Å². The van der Waals surface area contributed by atoms with Crippen LogP contribution in [0.1, 0.15) is 11.1 Å². The summed E-state index contributed by atoms with van der Waals surface area (Å²) in [6, 6.07) is 82.3. The van der Waals surface area contributed by atoms with Crippen LogP contribution in [0.2, 0.25) is 0 Å². The van der Waals surface area contributed by atoms with Crippen LogP contribution in [0.4, 0.5) is 0 Å². The molecule has 0 bridgehead atoms. The molecular formula is C74H37N5O4. The van der Waals surface area contributed by atoms with Gasteiger partial charge in [0, 0.05) is 70.4 Å². The minimum absolute atomic E-state index is 0.177. The molecule has 0 radical (unpaired) electrons. The molecule has 0 saturated carbocycles. The number of para-hydroxylation sites is 8. The summed E-state index contributed by atoms with van der Waals surface area (Å²) in [5.41, 5.74) is 14.1. The van der Waals surface area contributed by atoms with Gasteiger partial charge in [0.05, 0.1) is 77.4 Å². The summed E-state index contributed by atoms with van der Waals surface area (Å²) in [6.07, 6.45) is 0. The van der Waals surface area contributed by atoms with Crippen LogP contribution in [0.3, 0.4) is 0 Å². The molecule has 0 saturated heterocycles. The Hall–Kier alpha value is -11.8. The molecule has 0 unspecified atom stereocenters. The van der Waals surface area contributed by atoms with Crippen molar-refractivity contribution in [3.63, 3.8) is 0 Å². The van der Waals surface area contributed by atoms with Crippen LogP contribution in [0.5, 0.6) is 0 Å². The van der Waals surface area contributed by atoms with Crippen LogP contribution < -0.4 is 0 Å². The van der Waals surface area contributed by atoms with Gasteiger partial charge in [0.1, 0.15) is 56.8 Å². The summed E-state index contributed by atoms with van der Waals surface area (Å²) in [6.45, 7) is 0. The summed E-state index contributed by atoms with van der Waals surface area (Å²) < 4.78 is 34.4. The molecule has 9 nitrogen and oxygen atoms in total. The minimum atomic E-state index is 0.177. The Labute approximate surface area is 468 Å². The van der Waals surface area contributed by atoms with Gasteiger partial charge in [-0.25, -0.2) is 0 Å². The smallest absolute Gasteiger partial charge is 0.143 e. The summed E-state index contributed by atoms with van der Waals surface area (Å²) >= 11 is 0. The molecule has 9 heteroatoms. The van der Waals surface area contributed by atoms with E-state index in [9.17, 15) is 10.5 Å². The molecule has 0 atom stereocenters. The van der Waals surface area contributed by atoms with Gasteiger partial charge in [-0.3, -0.25) is 0 Å². The van der Waals surface area contributed by atoms with E-state index in [1.165, 1.54) is 0 Å². The van der Waals surface area contributed by atoms with Crippen molar-refractivity contribution in [1.29, 1.82) is 10.5 Å². The lowest BCUT2D eigenvalue weighted by molar-refractivity contribution is 0.668. The van der Waals surface area contributed by atoms with Gasteiger partial charge in [0.15, 0.2) is 0 Å². The van der Waals surface area contributed by atoms with Gasteiger partial charge in [-0.2, -0.15) is 10.5 Å². The summed E-state index contributed by atoms with van der Waals surface area (Å²) in [5, 5.41) is 38.5. The molecule has 0 N–H and O–H groups in total. The molecular weight excluding hydrogens is 1020 g/mol. The third-order valence-corrected chi connectivity index (χ3v) is 17.5. The predicted octanol–water partition coefficient (Wildman–Crippen LogP) is 20.0. The molecule has 0 aliphatic rings. The molecule has 19 aromatic rings. The maximum absolute atomic E-state index is 12.7. The Morgan fingerprint density at radius 2 is 0.614 bits per heavy atom. The van der Waals surface area contributed by atoms with Crippen LogP contribution >= 0.6 is 0 Å². The summed E-state index contributed by atoms with van der Waals surface area (Å²) in [7, 11) is 0. The lowest BCUT2D eigenvalue weighted by Crippen LogP contribution is -2.14. The highest BCUT2D eigenvalue weighted by atomic mass is 16.3. The average Bonchev–Trinajstić information content (AvgIpc) is 2.01. The monoisotopic (exact) mass is 1060 g/mol. The van der Waals surface area contributed by atoms with Crippen molar-refractivity contribution in [3.05, 3.63) is 236 Å². The molecule has 0 amide bonds. The molecule has 83 heavy (non-hydrogen) atoms. The SMILES string of the molecule is N#Cc1c(C#N)c(-n2c3ccccc3c3ccc4oc5ccccc5c4c32)c(-n2c3ccccc3c3ccc4oc5ccccc5c4c32)c(-c2cccc3c2oc2ccccc23)c1-n1c2ccccc2c2ccc3oc4ccccc4c3c21. The van der Waals surface area contributed by atoms with Crippen LogP contribution in [0.25, 0.3) is 181 Å². The molecule has 7 aromatic heterocycles. The van der Waals surface area contributed by atoms with Gasteiger partial charge >= 0.3 is 0 Å². The molecule has 382 valence electrons. The number of nitrogens with zero attached hydrogens (tertiary/aromatic N) is 5. The van der Waals surface area contributed by atoms with Crippen molar-refractivity contribution >= 4 is 153 Å². The zero-order valence-corrected chi connectivity index (χ0v) is 43.7. The molecule has 0 aliphatic heterocycles. The van der Waals surface area contributed by atoms with E-state index in [1.807, 2.05) is 91.0 Å². The number of hydrogen-bond acceptors (Lipinski definition) is 6. The predicted molar refractivity (Wildman–Crippen MR) is 333 cm³/mol. The van der Waals surface area contributed by atoms with Gasteiger partial charge < -0.3 is 31.4 Å². The van der Waals surface area contributed by atoms with Crippen LogP contribution in [0, 0.1) is 22.7 Å². The van der Waals surface area contributed by atoms with E-state index in [0.29, 0.717) is 45.0 Å². The second-order valence-electron chi connectivity index (χ2n) is 21.5. The summed E-state index contributed by atoms with van der Waals surface area (Å²) in [5.74, 6) is 0. The van der Waals surface area contributed by atoms with Gasteiger partial charge in [0.25, 0.3) is 0 Å². The Balaban J connectivity index is 1.17. The van der Waals surface area contributed by atoms with E-state index in [0.717, 1.165) is 136 Å². The number of rotatable bonds is 4. The Kier molecular flexibility index (Phi) is 8.48. The van der Waals surface area contributed by atoms with Gasteiger partial charge in [-0.1, -0.05) is 146 Å². The van der Waals surface area contributed by atoms with Crippen molar-refractivity contribution in [1.82, 2.24) is 13.7 Å². The fourth-order valence-electron chi connectivity index (χ4n) is 14.3. The van der Waals surface area contributed by atoms with E-state index in [2.05, 4.69) is 159 Å². The molecule has 19 rings (SSSR count). The zero-order chi connectivity index (χ0) is 54.3. The topological polar surface area (TPSA) is 115 Å². The first-order chi connectivity index (χ1) is 41.1. The first-order valence-corrected chi connectivity index (χ1v) is 27.6. The molecule has 0 spiro atoms. The quantitative estimate of drug-likeness (QED) is 0.173. The molecule has 0 aliphatic carbocycles. The zero-order valence-electron chi connectivity index (χ0n) is 43.7. The van der Waals surface area contributed by atoms with Crippen LogP contribution in [0.15, 0.2) is 242 Å². The first-order valence-electron chi connectivity index (χ1n) is 27.6. The molecule has 7 heterocycles. The number of aromatic nitrogens is 3. The number of benzene rings is 12. The fourth-order valence-corrected chi connectivity index (χ4v) is 14.3. The van der Waals surface area contributed by atoms with E-state index >= 15 is 0 Å². The van der Waals surface area contributed by atoms with E-state index in [1.54, 1.807) is 0 Å². The van der Waals surface area contributed by atoms with Crippen LogP contribution in [-0.2, 0) is 0 Å². The molecule has 0 fully saturated rings. The lowest BCUT2D eigenvalue weighted by atomic mass is 9.90. The average molecular weight is 1060 g/mol. The van der Waals surface area contributed by atoms with Crippen molar-refractivity contribution in [2.75, 3.05) is 0 Å². The fraction of sp³-hybridized carbons (Fsp3) is 0.